The predicted molar refractivity (Wildman–Crippen MR) is 107 cm³/mol. The Morgan fingerprint density at radius 3 is 2.27 bits per heavy atom. The van der Waals surface area contributed by atoms with E-state index in [1.807, 2.05) is 6.07 Å². The number of methoxy groups -OCH3 is 2. The summed E-state index contributed by atoms with van der Waals surface area (Å²) in [4.78, 5) is 28.6. The topological polar surface area (TPSA) is 131 Å². The van der Waals surface area contributed by atoms with Gasteiger partial charge in [-0.15, -0.1) is 5.10 Å². The Balaban J connectivity index is 1.79. The maximum absolute atomic E-state index is 12.5. The van der Waals surface area contributed by atoms with Crippen molar-refractivity contribution in [2.24, 2.45) is 0 Å². The molecule has 0 aliphatic heterocycles. The van der Waals surface area contributed by atoms with Crippen LogP contribution in [0.4, 0.5) is 11.4 Å². The number of hydrogen-bond acceptors (Lipinski definition) is 7. The van der Waals surface area contributed by atoms with Gasteiger partial charge >= 0.3 is 0 Å². The molecule has 2 N–H and O–H groups in total. The summed E-state index contributed by atoms with van der Waals surface area (Å²) in [7, 11) is 2.89. The minimum Gasteiger partial charge on any atom is -0.494 e. The Kier molecular flexibility index (Phi) is 6.24. The normalized spacial score (nSPS) is 10.0. The maximum Gasteiger partial charge on any atom is 0.255 e. The van der Waals surface area contributed by atoms with E-state index < -0.39 is 5.91 Å². The fourth-order valence-corrected chi connectivity index (χ4v) is 2.64. The zero-order valence-electron chi connectivity index (χ0n) is 16.2. The van der Waals surface area contributed by atoms with Crippen LogP contribution in [0, 0.1) is 11.3 Å². The van der Waals surface area contributed by atoms with Gasteiger partial charge in [-0.3, -0.25) is 9.59 Å². The van der Waals surface area contributed by atoms with Crippen LogP contribution in [0.5, 0.6) is 11.5 Å². The molecule has 2 aromatic carbocycles. The van der Waals surface area contributed by atoms with E-state index >= 15 is 0 Å². The van der Waals surface area contributed by atoms with Crippen LogP contribution in [0.25, 0.3) is 0 Å². The smallest absolute Gasteiger partial charge is 0.255 e. The van der Waals surface area contributed by atoms with Gasteiger partial charge in [0.25, 0.3) is 11.7 Å². The van der Waals surface area contributed by atoms with Gasteiger partial charge in [0.05, 0.1) is 25.6 Å². The Labute approximate surface area is 172 Å². The lowest BCUT2D eigenvalue weighted by molar-refractivity contribution is -0.116. The van der Waals surface area contributed by atoms with E-state index in [0.29, 0.717) is 28.4 Å². The summed E-state index contributed by atoms with van der Waals surface area (Å²) >= 11 is 0. The standard InChI is InChI=1S/C20H18N6O4/c1-29-16-9-15(24-20(28)13-6-4-3-5-7-13)17(30-2)8-14(16)23-19(27)11-26-12-22-18(10-21)25-26/h3-9,12H,11H2,1-2H3,(H,23,27)(H,24,28). The molecular weight excluding hydrogens is 388 g/mol. The molecule has 10 heteroatoms. The fraction of sp³-hybridized carbons (Fsp3) is 0.150. The van der Waals surface area contributed by atoms with Crippen molar-refractivity contribution in [2.45, 2.75) is 6.54 Å². The van der Waals surface area contributed by atoms with Crippen molar-refractivity contribution in [3.63, 3.8) is 0 Å². The third-order valence-electron chi connectivity index (χ3n) is 4.02. The van der Waals surface area contributed by atoms with Crippen molar-refractivity contribution in [2.75, 3.05) is 24.9 Å². The van der Waals surface area contributed by atoms with Crippen LogP contribution in [-0.4, -0.2) is 40.8 Å². The third kappa shape index (κ3) is 4.71. The fourth-order valence-electron chi connectivity index (χ4n) is 2.64. The van der Waals surface area contributed by atoms with Crippen LogP contribution in [0.1, 0.15) is 16.2 Å². The van der Waals surface area contributed by atoms with Crippen molar-refractivity contribution >= 4 is 23.2 Å². The summed E-state index contributed by atoms with van der Waals surface area (Å²) in [6.07, 6.45) is 1.29. The molecule has 0 bridgehead atoms. The number of carbonyl (C=O) groups is 2. The Bertz CT molecular complexity index is 1100. The highest BCUT2D eigenvalue weighted by Crippen LogP contribution is 2.36. The first-order chi connectivity index (χ1) is 14.5. The minimum atomic E-state index is -0.411. The van der Waals surface area contributed by atoms with Crippen LogP contribution in [-0.2, 0) is 11.3 Å². The number of amides is 2. The number of aromatic nitrogens is 3. The molecule has 0 saturated carbocycles. The van der Waals surface area contributed by atoms with E-state index in [2.05, 4.69) is 20.7 Å². The molecule has 152 valence electrons. The number of nitrogens with zero attached hydrogens (tertiary/aromatic N) is 4. The van der Waals surface area contributed by atoms with Gasteiger partial charge in [-0.1, -0.05) is 18.2 Å². The van der Waals surface area contributed by atoms with E-state index in [1.165, 1.54) is 25.2 Å². The predicted octanol–water partition coefficient (Wildman–Crippen LogP) is 2.06. The minimum absolute atomic E-state index is 0.0273. The third-order valence-corrected chi connectivity index (χ3v) is 4.02. The SMILES string of the molecule is COc1cc(NC(=O)c2ccccc2)c(OC)cc1NC(=O)Cn1cnc(C#N)n1. The summed E-state index contributed by atoms with van der Waals surface area (Å²) in [6.45, 7) is -0.146. The quantitative estimate of drug-likeness (QED) is 0.614. The Morgan fingerprint density at radius 1 is 1.07 bits per heavy atom. The zero-order valence-corrected chi connectivity index (χ0v) is 16.2. The second-order valence-corrected chi connectivity index (χ2v) is 6.00. The van der Waals surface area contributed by atoms with Crippen LogP contribution in [0.2, 0.25) is 0 Å². The van der Waals surface area contributed by atoms with Crippen LogP contribution in [0.3, 0.4) is 0 Å². The van der Waals surface area contributed by atoms with Crippen LogP contribution in [0.15, 0.2) is 48.8 Å². The van der Waals surface area contributed by atoms with Gasteiger partial charge in [0.15, 0.2) is 0 Å². The van der Waals surface area contributed by atoms with Gasteiger partial charge in [-0.05, 0) is 12.1 Å². The summed E-state index contributed by atoms with van der Waals surface area (Å²) in [5.41, 5.74) is 1.22. The highest BCUT2D eigenvalue weighted by molar-refractivity contribution is 6.05. The monoisotopic (exact) mass is 406 g/mol. The second-order valence-electron chi connectivity index (χ2n) is 6.00. The van der Waals surface area contributed by atoms with Crippen LogP contribution >= 0.6 is 0 Å². The Hall–Kier alpha value is -4.39. The van der Waals surface area contributed by atoms with Crippen molar-refractivity contribution in [3.8, 4) is 17.6 Å². The van der Waals surface area contributed by atoms with E-state index in [1.54, 1.807) is 42.5 Å². The van der Waals surface area contributed by atoms with Gasteiger partial charge in [-0.25, -0.2) is 9.67 Å². The lowest BCUT2D eigenvalue weighted by Gasteiger charge is -2.16. The summed E-state index contributed by atoms with van der Waals surface area (Å²) in [5.74, 6) is -0.0923. The van der Waals surface area contributed by atoms with Crippen LogP contribution < -0.4 is 20.1 Å². The average molecular weight is 406 g/mol. The molecule has 2 amide bonds. The molecule has 0 spiro atoms. The van der Waals surface area contributed by atoms with E-state index in [4.69, 9.17) is 14.7 Å². The first-order valence-corrected chi connectivity index (χ1v) is 8.76. The highest BCUT2D eigenvalue weighted by Gasteiger charge is 2.16. The summed E-state index contributed by atoms with van der Waals surface area (Å²) in [6, 6.07) is 13.6. The number of carbonyl (C=O) groups excluding carboxylic acids is 2. The second kappa shape index (κ2) is 9.20. The number of anilines is 2. The lowest BCUT2D eigenvalue weighted by Crippen LogP contribution is -2.20. The van der Waals surface area contributed by atoms with Gasteiger partial charge in [0.1, 0.15) is 30.4 Å². The van der Waals surface area contributed by atoms with Gasteiger partial charge in [0, 0.05) is 17.7 Å². The number of rotatable bonds is 7. The molecule has 1 aromatic heterocycles. The van der Waals surface area contributed by atoms with Crippen molar-refractivity contribution in [1.82, 2.24) is 14.8 Å². The number of nitrogens with one attached hydrogen (secondary N) is 2. The zero-order chi connectivity index (χ0) is 21.5. The largest absolute Gasteiger partial charge is 0.494 e. The maximum atomic E-state index is 12.5. The molecule has 0 fully saturated rings. The van der Waals surface area contributed by atoms with Crippen molar-refractivity contribution in [1.29, 1.82) is 5.26 Å². The van der Waals surface area contributed by atoms with E-state index in [9.17, 15) is 9.59 Å². The number of ether oxygens (including phenoxy) is 2. The molecule has 0 radical (unpaired) electrons. The van der Waals surface area contributed by atoms with Gasteiger partial charge in [0.2, 0.25) is 5.91 Å². The number of nitriles is 1. The molecular formula is C20H18N6O4. The molecule has 0 aliphatic carbocycles. The molecule has 30 heavy (non-hydrogen) atoms. The van der Waals surface area contributed by atoms with Gasteiger partial charge in [-0.2, -0.15) is 5.26 Å². The molecule has 0 unspecified atom stereocenters. The molecule has 3 rings (SSSR count). The first kappa shape index (κ1) is 20.3. The van der Waals surface area contributed by atoms with Crippen molar-refractivity contribution in [3.05, 3.63) is 60.2 Å². The van der Waals surface area contributed by atoms with E-state index in [-0.39, 0.29) is 18.3 Å². The summed E-state index contributed by atoms with van der Waals surface area (Å²) in [5, 5.41) is 18.1. The lowest BCUT2D eigenvalue weighted by atomic mass is 10.2. The molecule has 0 saturated heterocycles. The van der Waals surface area contributed by atoms with Crippen molar-refractivity contribution < 1.29 is 19.1 Å². The molecule has 10 nitrogen and oxygen atoms in total. The van der Waals surface area contributed by atoms with Gasteiger partial charge < -0.3 is 20.1 Å². The highest BCUT2D eigenvalue weighted by atomic mass is 16.5. The molecule has 0 atom stereocenters. The summed E-state index contributed by atoms with van der Waals surface area (Å²) < 4.78 is 11.9. The number of hydrogen-bond donors (Lipinski definition) is 2. The average Bonchev–Trinajstić information content (AvgIpc) is 3.22. The Morgan fingerprint density at radius 2 is 1.70 bits per heavy atom. The number of benzene rings is 2. The molecule has 3 aromatic rings. The first-order valence-electron chi connectivity index (χ1n) is 8.76. The molecule has 1 heterocycles. The molecule has 0 aliphatic rings. The van der Waals surface area contributed by atoms with E-state index in [0.717, 1.165) is 0 Å².